The Labute approximate surface area is 200 Å². The number of halogens is 2. The van der Waals surface area contributed by atoms with E-state index in [9.17, 15) is 17.2 Å². The third kappa shape index (κ3) is 4.16. The Morgan fingerprint density at radius 1 is 1.26 bits per heavy atom. The molecule has 0 unspecified atom stereocenters. The first kappa shape index (κ1) is 23.5. The predicted octanol–water partition coefficient (Wildman–Crippen LogP) is 4.12. The molecule has 0 bridgehead atoms. The highest BCUT2D eigenvalue weighted by Crippen LogP contribution is 2.38. The van der Waals surface area contributed by atoms with Gasteiger partial charge in [-0.15, -0.1) is 10.2 Å². The Hall–Kier alpha value is -2.28. The van der Waals surface area contributed by atoms with Crippen LogP contribution >= 0.6 is 11.3 Å². The van der Waals surface area contributed by atoms with E-state index in [-0.39, 0.29) is 22.0 Å². The Morgan fingerprint density at radius 3 is 2.62 bits per heavy atom. The molecule has 12 heteroatoms. The van der Waals surface area contributed by atoms with Gasteiger partial charge in [-0.05, 0) is 58.7 Å². The number of aromatic nitrogens is 4. The topological polar surface area (TPSA) is 92.5 Å². The van der Waals surface area contributed by atoms with Gasteiger partial charge in [0, 0.05) is 29.4 Å². The van der Waals surface area contributed by atoms with Crippen molar-refractivity contribution in [2.45, 2.75) is 69.0 Å². The molecule has 0 radical (unpaired) electrons. The molecule has 2 aliphatic rings. The molecule has 4 heterocycles. The molecule has 1 saturated carbocycles. The molecular weight excluding hydrogens is 482 g/mol. The number of hydrogen-bond acceptors (Lipinski definition) is 7. The summed E-state index contributed by atoms with van der Waals surface area (Å²) in [7, 11) is -1.76. The fourth-order valence-electron chi connectivity index (χ4n) is 4.24. The zero-order valence-electron chi connectivity index (χ0n) is 19.3. The second kappa shape index (κ2) is 8.14. The molecule has 182 valence electrons. The van der Waals surface area contributed by atoms with E-state index in [1.165, 1.54) is 12.4 Å². The number of rotatable bonds is 6. The van der Waals surface area contributed by atoms with Crippen molar-refractivity contribution in [1.82, 2.24) is 29.2 Å². The third-order valence-electron chi connectivity index (χ3n) is 6.76. The molecule has 1 aliphatic carbocycles. The highest BCUT2D eigenvalue weighted by atomic mass is 32.2. The van der Waals surface area contributed by atoms with Crippen molar-refractivity contribution >= 4 is 32.6 Å². The first-order valence-corrected chi connectivity index (χ1v) is 13.4. The van der Waals surface area contributed by atoms with Crippen LogP contribution in [-0.4, -0.2) is 57.6 Å². The summed E-state index contributed by atoms with van der Waals surface area (Å²) in [5.41, 5.74) is 2.24. The Kier molecular flexibility index (Phi) is 5.62. The molecule has 1 fully saturated rings. The molecule has 5 rings (SSSR count). The van der Waals surface area contributed by atoms with Crippen LogP contribution in [0.5, 0.6) is 0 Å². The Balaban J connectivity index is 1.70. The van der Waals surface area contributed by atoms with E-state index in [1.54, 1.807) is 10.5 Å². The number of imidazole rings is 1. The van der Waals surface area contributed by atoms with E-state index < -0.39 is 27.0 Å². The predicted molar refractivity (Wildman–Crippen MR) is 126 cm³/mol. The van der Waals surface area contributed by atoms with Gasteiger partial charge in [0.15, 0.2) is 10.0 Å². The minimum Gasteiger partial charge on any atom is -0.297 e. The largest absolute Gasteiger partial charge is 0.297 e. The Morgan fingerprint density at radius 2 is 2.00 bits per heavy atom. The summed E-state index contributed by atoms with van der Waals surface area (Å²) in [6.07, 6.45) is 4.70. The fraction of sp³-hybridized carbons (Fsp3) is 0.500. The lowest BCUT2D eigenvalue weighted by atomic mass is 9.93. The molecule has 0 amide bonds. The molecule has 2 atom stereocenters. The van der Waals surface area contributed by atoms with Crippen LogP contribution in [0.4, 0.5) is 8.78 Å². The Bertz CT molecular complexity index is 1390. The number of nitrogens with one attached hydrogen (secondary N) is 1. The maximum absolute atomic E-state index is 13.3. The maximum atomic E-state index is 13.3. The number of alkyl halides is 2. The number of likely N-dealkylation sites (N-methyl/N-ethyl adjacent to an activating group) is 1. The van der Waals surface area contributed by atoms with E-state index in [1.807, 2.05) is 6.92 Å². The summed E-state index contributed by atoms with van der Waals surface area (Å²) < 4.78 is 57.3. The van der Waals surface area contributed by atoms with Crippen molar-refractivity contribution in [1.29, 1.82) is 0 Å². The third-order valence-corrected chi connectivity index (χ3v) is 9.32. The van der Waals surface area contributed by atoms with Gasteiger partial charge in [0.1, 0.15) is 11.3 Å². The van der Waals surface area contributed by atoms with Crippen LogP contribution in [0.2, 0.25) is 0 Å². The van der Waals surface area contributed by atoms with Gasteiger partial charge >= 0.3 is 0 Å². The number of nitrogens with zero attached hydrogens (tertiary/aromatic N) is 5. The SMILES string of the molecule is C[C@@H]1C=C(c2cc(S(=O)(=O)NC3(C)CC3)cn3c(-c4nnc(C(F)F)s4)cnc23)C[C@@H](C)N1C. The molecule has 34 heavy (non-hydrogen) atoms. The number of fused-ring (bicyclic) bond motifs is 1. The van der Waals surface area contributed by atoms with Crippen molar-refractivity contribution in [2.24, 2.45) is 0 Å². The van der Waals surface area contributed by atoms with Crippen LogP contribution in [0.15, 0.2) is 29.4 Å². The minimum atomic E-state index is -3.82. The molecule has 0 spiro atoms. The lowest BCUT2D eigenvalue weighted by Crippen LogP contribution is -2.39. The van der Waals surface area contributed by atoms with Crippen molar-refractivity contribution < 1.29 is 17.2 Å². The summed E-state index contributed by atoms with van der Waals surface area (Å²) >= 11 is 0.770. The standard InChI is InChI=1S/C22H26F2N6O2S2/c1-12-7-14(8-13(2)29(12)4)16-9-15(34(31,32)28-22(3)5-6-22)11-30-17(10-25-19(16)30)20-26-27-21(33-20)18(23)24/h7,9-13,18,28H,5-6,8H2,1-4H3/t12-,13-/m1/s1. The molecule has 3 aromatic rings. The minimum absolute atomic E-state index is 0.0982. The maximum Gasteiger partial charge on any atom is 0.291 e. The molecular formula is C22H26F2N6O2S2. The quantitative estimate of drug-likeness (QED) is 0.539. The van der Waals surface area contributed by atoms with Gasteiger partial charge in [-0.2, -0.15) is 0 Å². The van der Waals surface area contributed by atoms with Crippen molar-refractivity contribution in [3.63, 3.8) is 0 Å². The van der Waals surface area contributed by atoms with Crippen molar-refractivity contribution in [3.8, 4) is 10.7 Å². The fourth-order valence-corrected chi connectivity index (χ4v) is 6.44. The molecule has 3 aromatic heterocycles. The average Bonchev–Trinajstić information content (AvgIpc) is 3.17. The average molecular weight is 509 g/mol. The summed E-state index contributed by atoms with van der Waals surface area (Å²) in [6.45, 7) is 6.09. The molecule has 0 aromatic carbocycles. The summed E-state index contributed by atoms with van der Waals surface area (Å²) in [6, 6.07) is 2.08. The number of hydrogen-bond donors (Lipinski definition) is 1. The summed E-state index contributed by atoms with van der Waals surface area (Å²) in [5, 5.41) is 7.35. The lowest BCUT2D eigenvalue weighted by molar-refractivity contribution is 0.150. The lowest BCUT2D eigenvalue weighted by Gasteiger charge is -2.35. The molecule has 8 nitrogen and oxygen atoms in total. The zero-order chi connectivity index (χ0) is 24.4. The molecule has 1 aliphatic heterocycles. The monoisotopic (exact) mass is 508 g/mol. The first-order valence-electron chi connectivity index (χ1n) is 11.1. The van der Waals surface area contributed by atoms with Crippen LogP contribution in [0.1, 0.15) is 57.0 Å². The van der Waals surface area contributed by atoms with Crippen LogP contribution in [0.3, 0.4) is 0 Å². The van der Waals surface area contributed by atoms with Gasteiger partial charge < -0.3 is 0 Å². The van der Waals surface area contributed by atoms with Crippen LogP contribution in [0.25, 0.3) is 21.9 Å². The van der Waals surface area contributed by atoms with E-state index in [2.05, 4.69) is 51.8 Å². The molecule has 1 N–H and O–H groups in total. The van der Waals surface area contributed by atoms with Crippen LogP contribution < -0.4 is 4.72 Å². The van der Waals surface area contributed by atoms with Crippen LogP contribution in [-0.2, 0) is 10.0 Å². The van der Waals surface area contributed by atoms with E-state index in [4.69, 9.17) is 0 Å². The zero-order valence-corrected chi connectivity index (χ0v) is 20.9. The van der Waals surface area contributed by atoms with Gasteiger partial charge in [-0.1, -0.05) is 17.4 Å². The van der Waals surface area contributed by atoms with Crippen LogP contribution in [0, 0.1) is 0 Å². The highest BCUT2D eigenvalue weighted by Gasteiger charge is 2.41. The second-order valence-electron chi connectivity index (χ2n) is 9.49. The molecule has 0 saturated heterocycles. The van der Waals surface area contributed by atoms with Gasteiger partial charge in [-0.3, -0.25) is 9.30 Å². The van der Waals surface area contributed by atoms with Gasteiger partial charge in [0.05, 0.1) is 11.1 Å². The van der Waals surface area contributed by atoms with E-state index >= 15 is 0 Å². The number of sulfonamides is 1. The van der Waals surface area contributed by atoms with E-state index in [0.29, 0.717) is 16.9 Å². The van der Waals surface area contributed by atoms with Crippen molar-refractivity contribution in [3.05, 3.63) is 35.1 Å². The second-order valence-corrected chi connectivity index (χ2v) is 12.2. The number of pyridine rings is 1. The van der Waals surface area contributed by atoms with Gasteiger partial charge in [0.25, 0.3) is 6.43 Å². The van der Waals surface area contributed by atoms with Gasteiger partial charge in [-0.25, -0.2) is 26.9 Å². The van der Waals surface area contributed by atoms with Gasteiger partial charge in [0.2, 0.25) is 10.0 Å². The summed E-state index contributed by atoms with van der Waals surface area (Å²) in [5.74, 6) is 0. The highest BCUT2D eigenvalue weighted by molar-refractivity contribution is 7.89. The summed E-state index contributed by atoms with van der Waals surface area (Å²) in [4.78, 5) is 6.90. The van der Waals surface area contributed by atoms with E-state index in [0.717, 1.165) is 36.2 Å². The van der Waals surface area contributed by atoms with Crippen molar-refractivity contribution in [2.75, 3.05) is 7.05 Å². The smallest absolute Gasteiger partial charge is 0.291 e. The first-order chi connectivity index (χ1) is 16.0. The normalized spacial score (nSPS) is 23.0.